The van der Waals surface area contributed by atoms with Crippen molar-refractivity contribution in [3.63, 3.8) is 0 Å². The fraction of sp³-hybridized carbons (Fsp3) is 0.545. The molecule has 1 rings (SSSR count). The van der Waals surface area contributed by atoms with Gasteiger partial charge < -0.3 is 25.4 Å². The van der Waals surface area contributed by atoms with Gasteiger partial charge in [0, 0.05) is 19.4 Å². The lowest BCUT2D eigenvalue weighted by Gasteiger charge is -2.21. The van der Waals surface area contributed by atoms with Gasteiger partial charge in [-0.1, -0.05) is 30.3 Å². The number of benzene rings is 1. The molecular weight excluding hydrogens is 402 g/mol. The molecule has 0 heterocycles. The Morgan fingerprint density at radius 3 is 2.32 bits per heavy atom. The predicted octanol–water partition coefficient (Wildman–Crippen LogP) is 1.70. The standard InChI is InChI=1S/C22H33N3O6/c1-5-30-19(27)12-9-13-23-20(28)17(14-16-10-7-6-8-11-16)25-18(26)15-24-21(29)31-22(2,3)4/h6-8,10-11,17H,5,9,12-15H2,1-4H3,(H,23,28)(H,24,29)(H,25,26)/t17-/m0/s1. The van der Waals surface area contributed by atoms with Crippen molar-refractivity contribution in [2.45, 2.75) is 58.6 Å². The number of rotatable bonds is 11. The first-order valence-corrected chi connectivity index (χ1v) is 10.3. The van der Waals surface area contributed by atoms with Crippen molar-refractivity contribution in [1.29, 1.82) is 0 Å². The molecule has 3 amide bonds. The van der Waals surface area contributed by atoms with Crippen LogP contribution in [-0.4, -0.2) is 55.2 Å². The van der Waals surface area contributed by atoms with Crippen molar-refractivity contribution >= 4 is 23.9 Å². The minimum atomic E-state index is -0.835. The molecule has 0 aliphatic carbocycles. The normalized spacial score (nSPS) is 11.7. The smallest absolute Gasteiger partial charge is 0.408 e. The topological polar surface area (TPSA) is 123 Å². The molecule has 1 atom stereocenters. The summed E-state index contributed by atoms with van der Waals surface area (Å²) in [6, 6.07) is 8.42. The van der Waals surface area contributed by atoms with Gasteiger partial charge in [0.15, 0.2) is 0 Å². The number of nitrogens with one attached hydrogen (secondary N) is 3. The zero-order valence-electron chi connectivity index (χ0n) is 18.7. The first-order chi connectivity index (χ1) is 14.6. The van der Waals surface area contributed by atoms with E-state index in [1.54, 1.807) is 27.7 Å². The number of ether oxygens (including phenoxy) is 2. The Kier molecular flexibility index (Phi) is 11.1. The van der Waals surface area contributed by atoms with Gasteiger partial charge in [-0.05, 0) is 39.7 Å². The monoisotopic (exact) mass is 435 g/mol. The quantitative estimate of drug-likeness (QED) is 0.359. The van der Waals surface area contributed by atoms with E-state index in [-0.39, 0.29) is 37.8 Å². The van der Waals surface area contributed by atoms with Gasteiger partial charge in [-0.25, -0.2) is 4.79 Å². The van der Waals surface area contributed by atoms with E-state index in [9.17, 15) is 19.2 Å². The molecule has 0 aromatic heterocycles. The molecule has 0 radical (unpaired) electrons. The summed E-state index contributed by atoms with van der Waals surface area (Å²) in [4.78, 5) is 48.0. The minimum absolute atomic E-state index is 0.198. The lowest BCUT2D eigenvalue weighted by Crippen LogP contribution is -2.51. The molecule has 31 heavy (non-hydrogen) atoms. The lowest BCUT2D eigenvalue weighted by molar-refractivity contribution is -0.143. The van der Waals surface area contributed by atoms with Crippen molar-refractivity contribution < 1.29 is 28.7 Å². The number of amides is 3. The lowest BCUT2D eigenvalue weighted by atomic mass is 10.1. The summed E-state index contributed by atoms with van der Waals surface area (Å²) >= 11 is 0. The van der Waals surface area contributed by atoms with E-state index in [0.29, 0.717) is 13.0 Å². The Hall–Kier alpha value is -3.10. The maximum atomic E-state index is 12.6. The number of hydrogen-bond acceptors (Lipinski definition) is 6. The average molecular weight is 436 g/mol. The summed E-state index contributed by atoms with van der Waals surface area (Å²) < 4.78 is 9.94. The van der Waals surface area contributed by atoms with Crippen LogP contribution in [0.15, 0.2) is 30.3 Å². The third kappa shape index (κ3) is 12.2. The molecule has 172 valence electrons. The highest BCUT2D eigenvalue weighted by molar-refractivity contribution is 5.89. The summed E-state index contributed by atoms with van der Waals surface area (Å²) in [5.74, 6) is -1.22. The molecular formula is C22H33N3O6. The highest BCUT2D eigenvalue weighted by Crippen LogP contribution is 2.06. The second-order valence-electron chi connectivity index (χ2n) is 7.86. The van der Waals surface area contributed by atoms with Gasteiger partial charge in [0.05, 0.1) is 6.61 Å². The van der Waals surface area contributed by atoms with Crippen LogP contribution < -0.4 is 16.0 Å². The molecule has 3 N–H and O–H groups in total. The van der Waals surface area contributed by atoms with Crippen LogP contribution in [0.1, 0.15) is 46.1 Å². The van der Waals surface area contributed by atoms with Gasteiger partial charge >= 0.3 is 12.1 Å². The van der Waals surface area contributed by atoms with Crippen LogP contribution in [0.5, 0.6) is 0 Å². The number of carbonyl (C=O) groups is 4. The van der Waals surface area contributed by atoms with E-state index in [1.165, 1.54) is 0 Å². The Morgan fingerprint density at radius 1 is 1.03 bits per heavy atom. The molecule has 0 aliphatic rings. The van der Waals surface area contributed by atoms with Crippen molar-refractivity contribution in [1.82, 2.24) is 16.0 Å². The SMILES string of the molecule is CCOC(=O)CCCNC(=O)[C@H](Cc1ccccc1)NC(=O)CNC(=O)OC(C)(C)C. The van der Waals surface area contributed by atoms with E-state index in [4.69, 9.17) is 9.47 Å². The van der Waals surface area contributed by atoms with Crippen LogP contribution in [0, 0.1) is 0 Å². The molecule has 9 nitrogen and oxygen atoms in total. The third-order valence-electron chi connectivity index (χ3n) is 3.89. The van der Waals surface area contributed by atoms with Crippen LogP contribution in [0.3, 0.4) is 0 Å². The number of alkyl carbamates (subject to hydrolysis) is 1. The Labute approximate surface area is 183 Å². The van der Waals surface area contributed by atoms with Gasteiger partial charge in [-0.3, -0.25) is 14.4 Å². The van der Waals surface area contributed by atoms with Gasteiger partial charge in [-0.2, -0.15) is 0 Å². The summed E-state index contributed by atoms with van der Waals surface area (Å²) in [6.07, 6.45) is 0.189. The highest BCUT2D eigenvalue weighted by Gasteiger charge is 2.22. The van der Waals surface area contributed by atoms with E-state index >= 15 is 0 Å². The maximum Gasteiger partial charge on any atom is 0.408 e. The van der Waals surface area contributed by atoms with Crippen LogP contribution in [0.4, 0.5) is 4.79 Å². The Bertz CT molecular complexity index is 731. The summed E-state index contributed by atoms with van der Waals surface area (Å²) in [5, 5.41) is 7.74. The van der Waals surface area contributed by atoms with Crippen LogP contribution >= 0.6 is 0 Å². The number of esters is 1. The largest absolute Gasteiger partial charge is 0.466 e. The second kappa shape index (κ2) is 13.3. The van der Waals surface area contributed by atoms with Crippen molar-refractivity contribution in [2.75, 3.05) is 19.7 Å². The number of hydrogen-bond donors (Lipinski definition) is 3. The zero-order valence-corrected chi connectivity index (χ0v) is 18.7. The molecule has 1 aromatic carbocycles. The molecule has 9 heteroatoms. The first-order valence-electron chi connectivity index (χ1n) is 10.3. The average Bonchev–Trinajstić information content (AvgIpc) is 2.69. The minimum Gasteiger partial charge on any atom is -0.466 e. The van der Waals surface area contributed by atoms with E-state index in [2.05, 4.69) is 16.0 Å². The van der Waals surface area contributed by atoms with Gasteiger partial charge in [0.1, 0.15) is 18.2 Å². The maximum absolute atomic E-state index is 12.6. The van der Waals surface area contributed by atoms with Gasteiger partial charge in [0.25, 0.3) is 0 Å². The van der Waals surface area contributed by atoms with Crippen molar-refractivity contribution in [2.24, 2.45) is 0 Å². The zero-order chi connectivity index (χ0) is 23.3. The molecule has 0 spiro atoms. The third-order valence-corrected chi connectivity index (χ3v) is 3.89. The Morgan fingerprint density at radius 2 is 1.71 bits per heavy atom. The molecule has 0 bridgehead atoms. The van der Waals surface area contributed by atoms with Crippen molar-refractivity contribution in [3.8, 4) is 0 Å². The van der Waals surface area contributed by atoms with E-state index < -0.39 is 23.6 Å². The highest BCUT2D eigenvalue weighted by atomic mass is 16.6. The molecule has 0 saturated carbocycles. The fourth-order valence-electron chi connectivity index (χ4n) is 2.57. The van der Waals surface area contributed by atoms with Crippen LogP contribution in [0.2, 0.25) is 0 Å². The van der Waals surface area contributed by atoms with E-state index in [0.717, 1.165) is 5.56 Å². The molecule has 1 aromatic rings. The van der Waals surface area contributed by atoms with E-state index in [1.807, 2.05) is 30.3 Å². The van der Waals surface area contributed by atoms with Crippen molar-refractivity contribution in [3.05, 3.63) is 35.9 Å². The Balaban J connectivity index is 2.60. The fourth-order valence-corrected chi connectivity index (χ4v) is 2.57. The first kappa shape index (κ1) is 25.9. The van der Waals surface area contributed by atoms with Gasteiger partial charge in [0.2, 0.25) is 11.8 Å². The second-order valence-corrected chi connectivity index (χ2v) is 7.86. The van der Waals surface area contributed by atoms with Gasteiger partial charge in [-0.15, -0.1) is 0 Å². The molecule has 0 fully saturated rings. The van der Waals surface area contributed by atoms with Crippen LogP contribution in [-0.2, 0) is 30.3 Å². The molecule has 0 saturated heterocycles. The molecule has 0 unspecified atom stereocenters. The predicted molar refractivity (Wildman–Crippen MR) is 115 cm³/mol. The number of carbonyl (C=O) groups excluding carboxylic acids is 4. The summed E-state index contributed by atoms with van der Waals surface area (Å²) in [6.45, 7) is 7.14. The summed E-state index contributed by atoms with van der Waals surface area (Å²) in [7, 11) is 0. The van der Waals surface area contributed by atoms with Crippen LogP contribution in [0.25, 0.3) is 0 Å². The summed E-state index contributed by atoms with van der Waals surface area (Å²) in [5.41, 5.74) is 0.189. The molecule has 0 aliphatic heterocycles.